The lowest BCUT2D eigenvalue weighted by atomic mass is 9.98. The Morgan fingerprint density at radius 3 is 2.54 bits per heavy atom. The maximum Gasteiger partial charge on any atom is 0.342 e. The molecule has 1 aliphatic rings. The van der Waals surface area contributed by atoms with Crippen LogP contribution < -0.4 is 0 Å². The van der Waals surface area contributed by atoms with Crippen molar-refractivity contribution < 1.29 is 19.1 Å². The molecule has 1 heterocycles. The van der Waals surface area contributed by atoms with Crippen LogP contribution in [0.25, 0.3) is 0 Å². The fourth-order valence-electron chi connectivity index (χ4n) is 2.46. The van der Waals surface area contributed by atoms with Gasteiger partial charge in [-0.25, -0.2) is 4.79 Å². The molecule has 1 aliphatic heterocycles. The van der Waals surface area contributed by atoms with Crippen LogP contribution in [-0.4, -0.2) is 29.3 Å². The predicted octanol–water partition coefficient (Wildman–Crippen LogP) is 3.36. The summed E-state index contributed by atoms with van der Waals surface area (Å²) < 4.78 is 6.47. The Morgan fingerprint density at radius 1 is 1.38 bits per heavy atom. The van der Waals surface area contributed by atoms with Crippen LogP contribution >= 0.6 is 31.9 Å². The number of carbonyl (C=O) groups excluding carboxylic acids is 3. The van der Waals surface area contributed by atoms with Crippen molar-refractivity contribution in [3.8, 4) is 0 Å². The Bertz CT molecular complexity index is 733. The van der Waals surface area contributed by atoms with Crippen molar-refractivity contribution in [2.45, 2.75) is 19.9 Å². The lowest BCUT2D eigenvalue weighted by molar-refractivity contribution is -0.143. The Morgan fingerprint density at radius 2 is 2.00 bits per heavy atom. The standard InChI is InChI=1S/C17H15Br2NO4/c1-3-10(17(23)24-4-2)11-8-15(21)20(16(11)22)9-12-13(18)6-5-7-14(12)19/h5-7,11H,1,4,8-9H2,2H3/t11-/m1/s1. The predicted molar refractivity (Wildman–Crippen MR) is 94.8 cm³/mol. The van der Waals surface area contributed by atoms with E-state index >= 15 is 0 Å². The summed E-state index contributed by atoms with van der Waals surface area (Å²) >= 11 is 6.83. The fourth-order valence-corrected chi connectivity index (χ4v) is 3.71. The second-order valence-corrected chi connectivity index (χ2v) is 6.79. The first-order chi connectivity index (χ1) is 11.4. The molecule has 126 valence electrons. The number of halogens is 2. The lowest BCUT2D eigenvalue weighted by Gasteiger charge is -2.17. The molecule has 0 aliphatic carbocycles. The van der Waals surface area contributed by atoms with Gasteiger partial charge >= 0.3 is 5.97 Å². The topological polar surface area (TPSA) is 63.7 Å². The van der Waals surface area contributed by atoms with E-state index in [-0.39, 0.29) is 31.1 Å². The van der Waals surface area contributed by atoms with Crippen LogP contribution in [0.3, 0.4) is 0 Å². The average Bonchev–Trinajstić information content (AvgIpc) is 2.80. The summed E-state index contributed by atoms with van der Waals surface area (Å²) in [6, 6.07) is 5.50. The smallest absolute Gasteiger partial charge is 0.342 e. The summed E-state index contributed by atoms with van der Waals surface area (Å²) in [5.41, 5.74) is 3.24. The highest BCUT2D eigenvalue weighted by molar-refractivity contribution is 9.11. The highest BCUT2D eigenvalue weighted by atomic mass is 79.9. The molecule has 0 bridgehead atoms. The third-order valence-corrected chi connectivity index (χ3v) is 5.14. The number of rotatable bonds is 5. The highest BCUT2D eigenvalue weighted by Crippen LogP contribution is 2.32. The Kier molecular flexibility index (Phi) is 6.15. The number of nitrogens with zero attached hydrogens (tertiary/aromatic N) is 1. The number of esters is 1. The van der Waals surface area contributed by atoms with Gasteiger partial charge in [-0.15, -0.1) is 5.73 Å². The Balaban J connectivity index is 2.26. The van der Waals surface area contributed by atoms with Crippen molar-refractivity contribution in [3.63, 3.8) is 0 Å². The number of carbonyl (C=O) groups is 3. The van der Waals surface area contributed by atoms with E-state index in [1.807, 2.05) is 18.2 Å². The van der Waals surface area contributed by atoms with E-state index in [1.54, 1.807) is 6.92 Å². The van der Waals surface area contributed by atoms with Crippen molar-refractivity contribution >= 4 is 49.6 Å². The zero-order valence-electron chi connectivity index (χ0n) is 13.0. The molecule has 1 aromatic rings. The minimum atomic E-state index is -0.893. The molecule has 0 N–H and O–H groups in total. The second kappa shape index (κ2) is 7.92. The molecule has 7 heteroatoms. The third kappa shape index (κ3) is 3.69. The van der Waals surface area contributed by atoms with Crippen molar-refractivity contribution in [1.29, 1.82) is 0 Å². The van der Waals surface area contributed by atoms with Crippen molar-refractivity contribution in [2.75, 3.05) is 6.61 Å². The van der Waals surface area contributed by atoms with Crippen LogP contribution in [0.15, 0.2) is 45.0 Å². The monoisotopic (exact) mass is 455 g/mol. The summed E-state index contributed by atoms with van der Waals surface area (Å²) in [5, 5.41) is 0. The molecule has 0 aromatic heterocycles. The molecule has 1 aromatic carbocycles. The number of amides is 2. The van der Waals surface area contributed by atoms with Crippen LogP contribution in [0.2, 0.25) is 0 Å². The first-order valence-corrected chi connectivity index (χ1v) is 8.83. The van der Waals surface area contributed by atoms with E-state index in [2.05, 4.69) is 44.2 Å². The van der Waals surface area contributed by atoms with E-state index in [1.165, 1.54) is 0 Å². The number of benzene rings is 1. The number of imide groups is 1. The van der Waals surface area contributed by atoms with Crippen LogP contribution in [-0.2, 0) is 25.7 Å². The van der Waals surface area contributed by atoms with E-state index in [0.717, 1.165) is 19.4 Å². The normalized spacial score (nSPS) is 17.0. The Labute approximate surface area is 156 Å². The molecular formula is C17H15Br2NO4. The SMILES string of the molecule is C=C=C(C(=O)OCC)[C@H]1CC(=O)N(Cc2c(Br)cccc2Br)C1=O. The minimum absolute atomic E-state index is 0.00360. The maximum absolute atomic E-state index is 12.6. The quantitative estimate of drug-likeness (QED) is 0.295. The van der Waals surface area contributed by atoms with Gasteiger partial charge < -0.3 is 4.74 Å². The lowest BCUT2D eigenvalue weighted by Crippen LogP contribution is -2.31. The fraction of sp³-hybridized carbons (Fsp3) is 0.294. The number of hydrogen-bond donors (Lipinski definition) is 0. The molecule has 24 heavy (non-hydrogen) atoms. The van der Waals surface area contributed by atoms with Crippen LogP contribution in [0.4, 0.5) is 0 Å². The number of hydrogen-bond acceptors (Lipinski definition) is 4. The van der Waals surface area contributed by atoms with Gasteiger partial charge in [0.05, 0.1) is 24.6 Å². The van der Waals surface area contributed by atoms with Gasteiger partial charge in [0, 0.05) is 20.9 Å². The molecule has 1 atom stereocenters. The molecule has 0 spiro atoms. The van der Waals surface area contributed by atoms with Gasteiger partial charge in [-0.05, 0) is 19.1 Å². The van der Waals surface area contributed by atoms with Crippen LogP contribution in [0, 0.1) is 5.92 Å². The highest BCUT2D eigenvalue weighted by Gasteiger charge is 2.43. The van der Waals surface area contributed by atoms with Crippen LogP contribution in [0.5, 0.6) is 0 Å². The van der Waals surface area contributed by atoms with Gasteiger partial charge in [-0.1, -0.05) is 44.5 Å². The van der Waals surface area contributed by atoms with Gasteiger partial charge in [0.15, 0.2) is 0 Å². The molecule has 1 saturated heterocycles. The number of ether oxygens (including phenoxy) is 1. The van der Waals surface area contributed by atoms with E-state index < -0.39 is 17.8 Å². The summed E-state index contributed by atoms with van der Waals surface area (Å²) in [7, 11) is 0. The van der Waals surface area contributed by atoms with Gasteiger partial charge in [0.1, 0.15) is 0 Å². The van der Waals surface area contributed by atoms with Crippen molar-refractivity contribution in [1.82, 2.24) is 4.90 Å². The van der Waals surface area contributed by atoms with E-state index in [0.29, 0.717) is 0 Å². The zero-order chi connectivity index (χ0) is 17.9. The Hall–Kier alpha value is -1.69. The molecule has 5 nitrogen and oxygen atoms in total. The number of likely N-dealkylation sites (tertiary alicyclic amines) is 1. The van der Waals surface area contributed by atoms with Crippen molar-refractivity contribution in [3.05, 3.63) is 50.6 Å². The summed E-state index contributed by atoms with van der Waals surface area (Å²) in [6.45, 7) is 5.40. The largest absolute Gasteiger partial charge is 0.462 e. The molecule has 1 fully saturated rings. The third-order valence-electron chi connectivity index (χ3n) is 3.66. The minimum Gasteiger partial charge on any atom is -0.462 e. The van der Waals surface area contributed by atoms with Gasteiger partial charge in [-0.2, -0.15) is 0 Å². The molecular weight excluding hydrogens is 442 g/mol. The van der Waals surface area contributed by atoms with Gasteiger partial charge in [0.25, 0.3) is 0 Å². The summed E-state index contributed by atoms with van der Waals surface area (Å²) in [4.78, 5) is 38.0. The van der Waals surface area contributed by atoms with E-state index in [9.17, 15) is 14.4 Å². The van der Waals surface area contributed by atoms with Gasteiger partial charge in [-0.3, -0.25) is 14.5 Å². The second-order valence-electron chi connectivity index (χ2n) is 5.09. The molecule has 0 unspecified atom stereocenters. The van der Waals surface area contributed by atoms with Gasteiger partial charge in [0.2, 0.25) is 11.8 Å². The molecule has 0 saturated carbocycles. The summed E-state index contributed by atoms with van der Waals surface area (Å²) in [5.74, 6) is -2.34. The van der Waals surface area contributed by atoms with Crippen LogP contribution in [0.1, 0.15) is 18.9 Å². The zero-order valence-corrected chi connectivity index (χ0v) is 16.1. The molecule has 2 amide bonds. The van der Waals surface area contributed by atoms with Crippen molar-refractivity contribution in [2.24, 2.45) is 5.92 Å². The molecule has 2 rings (SSSR count). The average molecular weight is 457 g/mol. The van der Waals surface area contributed by atoms with E-state index in [4.69, 9.17) is 4.74 Å². The first kappa shape index (κ1) is 18.6. The summed E-state index contributed by atoms with van der Waals surface area (Å²) in [6.07, 6.45) is -0.0857. The first-order valence-electron chi connectivity index (χ1n) is 7.24. The molecule has 0 radical (unpaired) electrons. The maximum atomic E-state index is 12.6.